The van der Waals surface area contributed by atoms with Gasteiger partial charge in [-0.25, -0.2) is 8.78 Å². The van der Waals surface area contributed by atoms with Crippen LogP contribution in [0.3, 0.4) is 0 Å². The highest BCUT2D eigenvalue weighted by Crippen LogP contribution is 2.33. The first-order chi connectivity index (χ1) is 13.9. The number of halogens is 2. The minimum atomic E-state index is -0.817. The highest BCUT2D eigenvalue weighted by atomic mass is 32.2. The van der Waals surface area contributed by atoms with E-state index in [4.69, 9.17) is 0 Å². The number of rotatable bonds is 7. The van der Waals surface area contributed by atoms with Crippen LogP contribution >= 0.6 is 23.1 Å². The van der Waals surface area contributed by atoms with Crippen molar-refractivity contribution in [3.63, 3.8) is 0 Å². The van der Waals surface area contributed by atoms with Crippen molar-refractivity contribution in [2.24, 2.45) is 0 Å². The first kappa shape index (κ1) is 21.2. The fourth-order valence-electron chi connectivity index (χ4n) is 2.66. The molecule has 0 saturated heterocycles. The number of nitrogens with zero attached hydrogens (tertiary/aromatic N) is 2. The van der Waals surface area contributed by atoms with E-state index >= 15 is 0 Å². The van der Waals surface area contributed by atoms with E-state index in [1.165, 1.54) is 34.7 Å². The molecule has 1 amide bonds. The number of hydrogen-bond acceptors (Lipinski definition) is 6. The highest BCUT2D eigenvalue weighted by Gasteiger charge is 2.20. The van der Waals surface area contributed by atoms with Gasteiger partial charge in [-0.3, -0.25) is 4.79 Å². The lowest BCUT2D eigenvalue weighted by molar-refractivity contribution is -0.115. The van der Waals surface area contributed by atoms with E-state index in [1.54, 1.807) is 6.92 Å². The van der Waals surface area contributed by atoms with Crippen LogP contribution in [0.15, 0.2) is 40.7 Å². The predicted molar refractivity (Wildman–Crippen MR) is 114 cm³/mol. The van der Waals surface area contributed by atoms with E-state index < -0.39 is 28.5 Å². The summed E-state index contributed by atoms with van der Waals surface area (Å²) in [6.07, 6.45) is 0.883. The van der Waals surface area contributed by atoms with Crippen molar-refractivity contribution in [1.82, 2.24) is 10.2 Å². The molecule has 1 heterocycles. The van der Waals surface area contributed by atoms with Crippen molar-refractivity contribution in [2.45, 2.75) is 36.8 Å². The smallest absolute Gasteiger partial charge is 0.237 e. The first-order valence-electron chi connectivity index (χ1n) is 8.99. The number of aromatic nitrogens is 2. The van der Waals surface area contributed by atoms with Crippen LogP contribution in [-0.2, 0) is 11.2 Å². The molecule has 1 unspecified atom stereocenters. The largest absolute Gasteiger partial charge is 0.330 e. The van der Waals surface area contributed by atoms with Crippen molar-refractivity contribution >= 4 is 45.5 Å². The Morgan fingerprint density at radius 3 is 2.52 bits per heavy atom. The zero-order valence-corrected chi connectivity index (χ0v) is 17.8. The Morgan fingerprint density at radius 1 is 1.14 bits per heavy atom. The molecule has 0 aliphatic heterocycles. The Labute approximate surface area is 175 Å². The molecule has 3 rings (SSSR count). The van der Waals surface area contributed by atoms with E-state index in [9.17, 15) is 13.6 Å². The van der Waals surface area contributed by atoms with Crippen molar-refractivity contribution in [1.29, 1.82) is 0 Å². The molecule has 0 aliphatic rings. The molecule has 0 fully saturated rings. The first-order valence-corrected chi connectivity index (χ1v) is 10.7. The Hall–Kier alpha value is -2.52. The van der Waals surface area contributed by atoms with Gasteiger partial charge in [-0.1, -0.05) is 54.3 Å². The maximum absolute atomic E-state index is 13.7. The third-order valence-electron chi connectivity index (χ3n) is 4.24. The van der Waals surface area contributed by atoms with Crippen LogP contribution in [0.2, 0.25) is 0 Å². The summed E-state index contributed by atoms with van der Waals surface area (Å²) in [5.41, 5.74) is 2.84. The van der Waals surface area contributed by atoms with Gasteiger partial charge in [0, 0.05) is 5.69 Å². The number of carbonyl (C=O) groups excluding carboxylic acids is 1. The van der Waals surface area contributed by atoms with Crippen LogP contribution in [0.1, 0.15) is 25.0 Å². The van der Waals surface area contributed by atoms with Crippen LogP contribution in [0.25, 0.3) is 0 Å². The molecule has 2 aromatic carbocycles. The van der Waals surface area contributed by atoms with Gasteiger partial charge in [0.05, 0.1) is 5.25 Å². The average Bonchev–Trinajstić information content (AvgIpc) is 3.13. The van der Waals surface area contributed by atoms with Crippen LogP contribution < -0.4 is 10.6 Å². The average molecular weight is 435 g/mol. The Kier molecular flexibility index (Phi) is 6.81. The van der Waals surface area contributed by atoms with Crippen molar-refractivity contribution in [2.75, 3.05) is 10.6 Å². The molecule has 3 aromatic rings. The molecule has 5 nitrogen and oxygen atoms in total. The monoisotopic (exact) mass is 434 g/mol. The summed E-state index contributed by atoms with van der Waals surface area (Å²) in [6, 6.07) is 9.52. The van der Waals surface area contributed by atoms with Crippen LogP contribution in [0.4, 0.5) is 25.3 Å². The minimum absolute atomic E-state index is 0.448. The van der Waals surface area contributed by atoms with Gasteiger partial charge in [0.25, 0.3) is 0 Å². The molecule has 152 valence electrons. The van der Waals surface area contributed by atoms with Crippen LogP contribution in [-0.4, -0.2) is 21.4 Å². The summed E-state index contributed by atoms with van der Waals surface area (Å²) in [7, 11) is 0. The maximum atomic E-state index is 13.7. The summed E-state index contributed by atoms with van der Waals surface area (Å²) in [5, 5.41) is 13.8. The van der Waals surface area contributed by atoms with Gasteiger partial charge in [0.2, 0.25) is 11.0 Å². The van der Waals surface area contributed by atoms with E-state index in [0.717, 1.165) is 29.8 Å². The van der Waals surface area contributed by atoms with Crippen molar-refractivity contribution in [3.05, 3.63) is 59.2 Å². The van der Waals surface area contributed by atoms with Gasteiger partial charge >= 0.3 is 0 Å². The van der Waals surface area contributed by atoms with Gasteiger partial charge in [0.1, 0.15) is 17.3 Å². The van der Waals surface area contributed by atoms with E-state index in [-0.39, 0.29) is 0 Å². The SMILES string of the molecule is CCc1cccc(C)c1Nc1nnc(SC(C)C(=O)Nc2c(F)cccc2F)s1. The summed E-state index contributed by atoms with van der Waals surface area (Å²) in [5.74, 6) is -2.15. The number of thioether (sulfide) groups is 1. The second-order valence-electron chi connectivity index (χ2n) is 6.31. The topological polar surface area (TPSA) is 66.9 Å². The normalized spacial score (nSPS) is 11.9. The molecule has 29 heavy (non-hydrogen) atoms. The summed E-state index contributed by atoms with van der Waals surface area (Å²) in [6.45, 7) is 5.75. The third-order valence-corrected chi connectivity index (χ3v) is 6.26. The van der Waals surface area contributed by atoms with Crippen molar-refractivity contribution in [3.8, 4) is 0 Å². The van der Waals surface area contributed by atoms with Gasteiger partial charge in [-0.2, -0.15) is 0 Å². The van der Waals surface area contributed by atoms with E-state index in [1.807, 2.05) is 19.1 Å². The standard InChI is InChI=1S/C20H20F2N4OS2/c1-4-13-8-5-7-11(2)16(13)24-19-25-26-20(29-19)28-12(3)18(27)23-17-14(21)9-6-10-15(17)22/h5-10,12H,4H2,1-3H3,(H,23,27)(H,24,25). The van der Waals surface area contributed by atoms with Crippen LogP contribution in [0, 0.1) is 18.6 Å². The number of hydrogen-bond donors (Lipinski definition) is 2. The molecular formula is C20H20F2N4OS2. The fraction of sp³-hybridized carbons (Fsp3) is 0.250. The van der Waals surface area contributed by atoms with Gasteiger partial charge in [0.15, 0.2) is 4.34 Å². The molecule has 0 bridgehead atoms. The van der Waals surface area contributed by atoms with Crippen LogP contribution in [0.5, 0.6) is 0 Å². The maximum Gasteiger partial charge on any atom is 0.237 e. The Bertz CT molecular complexity index is 1010. The quantitative estimate of drug-likeness (QED) is 0.477. The Balaban J connectivity index is 1.66. The lowest BCUT2D eigenvalue weighted by Gasteiger charge is -2.12. The highest BCUT2D eigenvalue weighted by molar-refractivity contribution is 8.02. The van der Waals surface area contributed by atoms with E-state index in [2.05, 4.69) is 33.8 Å². The summed E-state index contributed by atoms with van der Waals surface area (Å²) < 4.78 is 28.0. The number of carbonyl (C=O) groups is 1. The molecule has 2 N–H and O–H groups in total. The second-order valence-corrected chi connectivity index (χ2v) is 8.87. The summed E-state index contributed by atoms with van der Waals surface area (Å²) >= 11 is 2.49. The number of para-hydroxylation sites is 2. The lowest BCUT2D eigenvalue weighted by Crippen LogP contribution is -2.23. The zero-order valence-electron chi connectivity index (χ0n) is 16.1. The third kappa shape index (κ3) is 5.10. The molecule has 1 atom stereocenters. The zero-order chi connectivity index (χ0) is 21.0. The van der Waals surface area contributed by atoms with Gasteiger partial charge < -0.3 is 10.6 Å². The fourth-order valence-corrected chi connectivity index (χ4v) is 4.56. The van der Waals surface area contributed by atoms with Gasteiger partial charge in [-0.15, -0.1) is 10.2 Å². The number of nitrogens with one attached hydrogen (secondary N) is 2. The predicted octanol–water partition coefficient (Wildman–Crippen LogP) is 5.55. The van der Waals surface area contributed by atoms with Gasteiger partial charge in [-0.05, 0) is 43.5 Å². The number of aryl methyl sites for hydroxylation is 2. The minimum Gasteiger partial charge on any atom is -0.330 e. The molecule has 9 heteroatoms. The lowest BCUT2D eigenvalue weighted by atomic mass is 10.1. The van der Waals surface area contributed by atoms with Crippen molar-refractivity contribution < 1.29 is 13.6 Å². The second kappa shape index (κ2) is 9.32. The molecule has 0 radical (unpaired) electrons. The molecular weight excluding hydrogens is 414 g/mol. The Morgan fingerprint density at radius 2 is 1.83 bits per heavy atom. The molecule has 0 aliphatic carbocycles. The number of anilines is 3. The molecule has 0 spiro atoms. The summed E-state index contributed by atoms with van der Waals surface area (Å²) in [4.78, 5) is 12.3. The number of benzene rings is 2. The molecule has 0 saturated carbocycles. The van der Waals surface area contributed by atoms with E-state index in [0.29, 0.717) is 9.47 Å². The number of amides is 1. The molecule has 1 aromatic heterocycles.